The average Bonchev–Trinajstić information content (AvgIpc) is 0.827. The van der Waals surface area contributed by atoms with E-state index < -0.39 is 167 Å². The third kappa shape index (κ3) is 22.7. The number of likely N-dealkylation sites (N-methyl/N-ethyl adjacent to an activating group) is 1. The summed E-state index contributed by atoms with van der Waals surface area (Å²) < 4.78 is 78.2. The highest BCUT2D eigenvalue weighted by Gasteiger charge is 2.53. The molecule has 34 nitrogen and oxygen atoms in total. The lowest BCUT2D eigenvalue weighted by Gasteiger charge is -2.47. The number of ketones is 1. The Bertz CT molecular complexity index is 4120. The van der Waals surface area contributed by atoms with Crippen molar-refractivity contribution in [2.45, 2.75) is 234 Å². The van der Waals surface area contributed by atoms with Crippen LogP contribution in [0.1, 0.15) is 128 Å². The van der Waals surface area contributed by atoms with E-state index in [1.54, 1.807) is 69.9 Å². The third-order valence-electron chi connectivity index (χ3n) is 19.8. The number of thioether (sulfide) groups is 1. The van der Waals surface area contributed by atoms with Crippen LogP contribution in [0.25, 0.3) is 0 Å². The van der Waals surface area contributed by atoms with Gasteiger partial charge >= 0.3 is 12.1 Å². The van der Waals surface area contributed by atoms with E-state index in [1.807, 2.05) is 43.4 Å². The quantitative estimate of drug-likeness (QED) is 0.00939. The maximum Gasteiger partial charge on any atom is 0.411 e. The van der Waals surface area contributed by atoms with E-state index in [4.69, 9.17) is 71.3 Å². The molecule has 5 amide bonds. The normalized spacial score (nSPS) is 30.3. The molecule has 5 fully saturated rings. The maximum atomic E-state index is 14.6. The van der Waals surface area contributed by atoms with Crippen LogP contribution in [0.2, 0.25) is 0 Å². The number of aliphatic hydroxyl groups is 5. The predicted octanol–water partition coefficient (Wildman–Crippen LogP) is 4.65. The van der Waals surface area contributed by atoms with Gasteiger partial charge in [-0.05, 0) is 132 Å². The van der Waals surface area contributed by atoms with E-state index in [0.717, 1.165) is 18.9 Å². The van der Waals surface area contributed by atoms with E-state index in [9.17, 15) is 63.9 Å². The summed E-state index contributed by atoms with van der Waals surface area (Å²) in [4.78, 5) is 117. The van der Waals surface area contributed by atoms with Crippen molar-refractivity contribution in [2.75, 3.05) is 61.1 Å². The second-order valence-electron chi connectivity index (χ2n) is 28.3. The SMILES string of the molecule is CCN(C(C)=O)[C@H]1CO[C@@H](O[C@H]2[C@H](O[C@H]3C#C/C=C\C#C[C@]4(O)CC(=O)C(NC(=O)OC)=C3/C4=C\CSSC(C)(C)CC(=O)N/N=C(\C)c3ccc(OCCCC(=O)ON4C(=O)CCC4=O)cc3)O[C@H](C)[C@@H](NO[C@H]3C[C@H](O)[C@H](SC(=O)c4c(C)c(I)c(O[C@@H]5O[C@@H](C)[C@H](O)[C@@H](OC)[C@H]5O)c(OC)c4OC)[C@@H](C)O3)[C@@H]2O)C[C@@H]1OC. The molecule has 0 unspecified atom stereocenters. The molecule has 2 bridgehead atoms. The number of carbonyl (C=O) groups excluding carboxylic acids is 8. The van der Waals surface area contributed by atoms with E-state index >= 15 is 0 Å². The van der Waals surface area contributed by atoms with Crippen molar-refractivity contribution in [3.63, 3.8) is 0 Å². The molecule has 8 N–H and O–H groups in total. The van der Waals surface area contributed by atoms with Gasteiger partial charge in [-0.15, -0.1) is 5.06 Å². The summed E-state index contributed by atoms with van der Waals surface area (Å²) in [6.07, 6.45) is -16.0. The summed E-state index contributed by atoms with van der Waals surface area (Å²) in [5.74, 6) is 8.83. The molecule has 630 valence electrons. The molecular formula is C77H99IN6O28S3. The Hall–Kier alpha value is -7.01. The molecule has 0 aromatic heterocycles. The molecular weight excluding hydrogens is 1680 g/mol. The first kappa shape index (κ1) is 91.9. The number of nitrogens with zero attached hydrogens (tertiary/aromatic N) is 3. The number of fused-ring (bicyclic) bond motifs is 2. The van der Waals surface area contributed by atoms with Crippen molar-refractivity contribution in [1.29, 1.82) is 0 Å². The predicted molar refractivity (Wildman–Crippen MR) is 423 cm³/mol. The number of halogens is 1. The third-order valence-corrected chi connectivity index (χ3v) is 25.6. The summed E-state index contributed by atoms with van der Waals surface area (Å²) in [6, 6.07) is 5.11. The lowest BCUT2D eigenvalue weighted by Crippen LogP contribution is -2.65. The molecule has 2 aliphatic carbocycles. The molecule has 2 aromatic rings. The van der Waals surface area contributed by atoms with Crippen molar-refractivity contribution in [1.82, 2.24) is 26.2 Å². The number of hydroxylamine groups is 3. The van der Waals surface area contributed by atoms with Crippen molar-refractivity contribution >= 4 is 108 Å². The van der Waals surface area contributed by atoms with Crippen LogP contribution in [0.3, 0.4) is 0 Å². The molecule has 115 heavy (non-hydrogen) atoms. The van der Waals surface area contributed by atoms with Gasteiger partial charge in [0.05, 0.1) is 116 Å². The van der Waals surface area contributed by atoms with Crippen LogP contribution in [0.15, 0.2) is 64.4 Å². The number of allylic oxidation sites excluding steroid dienone is 3. The van der Waals surface area contributed by atoms with Gasteiger partial charge < -0.3 is 96.8 Å². The molecule has 5 heterocycles. The molecule has 5 saturated heterocycles. The fourth-order valence-electron chi connectivity index (χ4n) is 13.8. The first-order valence-corrected chi connectivity index (χ1v) is 41.3. The molecule has 19 atom stereocenters. The second kappa shape index (κ2) is 41.6. The Morgan fingerprint density at radius 3 is 2.19 bits per heavy atom. The lowest BCUT2D eigenvalue weighted by atomic mass is 9.75. The minimum atomic E-state index is -2.25. The Morgan fingerprint density at radius 2 is 1.54 bits per heavy atom. The largest absolute Gasteiger partial charge is 0.494 e. The first-order valence-electron chi connectivity index (χ1n) is 37.1. The smallest absolute Gasteiger partial charge is 0.411 e. The number of carbonyl (C=O) groups is 8. The van der Waals surface area contributed by atoms with Gasteiger partial charge in [0, 0.05) is 81.4 Å². The number of imide groups is 1. The second-order valence-corrected chi connectivity index (χ2v) is 33.6. The molecule has 0 radical (unpaired) electrons. The molecule has 5 aliphatic heterocycles. The first-order chi connectivity index (χ1) is 54.7. The monoisotopic (exact) mass is 1780 g/mol. The zero-order chi connectivity index (χ0) is 83.9. The van der Waals surface area contributed by atoms with E-state index in [0.29, 0.717) is 37.8 Å². The Balaban J connectivity index is 0.901. The summed E-state index contributed by atoms with van der Waals surface area (Å²) in [6.45, 7) is 15.6. The van der Waals surface area contributed by atoms with Gasteiger partial charge in [0.15, 0.2) is 41.8 Å². The highest BCUT2D eigenvalue weighted by atomic mass is 127. The van der Waals surface area contributed by atoms with E-state index in [2.05, 4.69) is 45.0 Å². The van der Waals surface area contributed by atoms with Gasteiger partial charge in [-0.1, -0.05) is 63.1 Å². The van der Waals surface area contributed by atoms with Crippen molar-refractivity contribution < 1.29 is 135 Å². The van der Waals surface area contributed by atoms with E-state index in [1.165, 1.54) is 69.1 Å². The molecule has 0 saturated carbocycles. The number of rotatable bonds is 32. The summed E-state index contributed by atoms with van der Waals surface area (Å²) >= 11 is 2.77. The van der Waals surface area contributed by atoms with Crippen LogP contribution in [0.4, 0.5) is 4.79 Å². The van der Waals surface area contributed by atoms with Crippen LogP contribution in [-0.4, -0.2) is 269 Å². The Labute approximate surface area is 691 Å². The number of methoxy groups -OCH3 is 5. The molecule has 2 aromatic carbocycles. The molecule has 38 heteroatoms. The topological polar surface area (TPSA) is 431 Å². The van der Waals surface area contributed by atoms with Gasteiger partial charge in [-0.2, -0.15) is 10.6 Å². The van der Waals surface area contributed by atoms with Crippen molar-refractivity contribution in [3.05, 3.63) is 79.6 Å². The zero-order valence-corrected chi connectivity index (χ0v) is 70.6. The zero-order valence-electron chi connectivity index (χ0n) is 66.0. The number of hydrazone groups is 1. The van der Waals surface area contributed by atoms with E-state index in [-0.39, 0.29) is 109 Å². The Kier molecular flexibility index (Phi) is 33.2. The van der Waals surface area contributed by atoms with Crippen LogP contribution in [0, 0.1) is 34.2 Å². The number of hydrogen-bond donors (Lipinski definition) is 8. The van der Waals surface area contributed by atoms with Crippen molar-refractivity contribution in [3.8, 4) is 46.7 Å². The van der Waals surface area contributed by atoms with Crippen LogP contribution >= 0.6 is 55.9 Å². The molecule has 7 aliphatic rings. The van der Waals surface area contributed by atoms with Crippen LogP contribution in [-0.2, 0) is 81.1 Å². The van der Waals surface area contributed by atoms with Gasteiger partial charge in [0.1, 0.15) is 42.4 Å². The average molecular weight is 1780 g/mol. The number of benzene rings is 2. The minimum absolute atomic E-state index is 0.00105. The summed E-state index contributed by atoms with van der Waals surface area (Å²) in [7, 11) is 9.21. The number of alkyl carbamates (subject to hydrolysis) is 1. The molecule has 9 rings (SSSR count). The summed E-state index contributed by atoms with van der Waals surface area (Å²) in [5.41, 5.74) is 4.38. The fourth-order valence-corrected chi connectivity index (χ4v) is 17.9. The van der Waals surface area contributed by atoms with Gasteiger partial charge in [-0.3, -0.25) is 38.9 Å². The Morgan fingerprint density at radius 1 is 0.843 bits per heavy atom. The number of amides is 5. The number of Topliss-reactive ketones (excluding diaryl/α,β-unsaturated/α-hetero) is 1. The minimum Gasteiger partial charge on any atom is -0.494 e. The standard InChI is InChI=1S/C77H99IN6O28S3/c1-15-83(43(7)85)47-37-104-56(34-51(47)98-10)109-69-64(93)61(82-111-57-33-48(86)71(42(6)105-57)114-72(95)58-38(2)60(78)67(70(101-13)66(58)99-11)110-73-65(94)68(100-12)63(92)41(5)107-73)40(4)106-74(69)108-50-21-18-16-17-19-30-77(97)35-49(87)62(79-75(96)102-14)59(50)46(77)29-32-113-115-76(8,9)36-52(88)81-80-39(3)44-23-25-45(26-24-44)103-31-20-22-55(91)112-84-53(89)27-28-54(84)90/h16-17,23-26,29,40-42,47-48,50-51,56-57,61,63-65,68-69,71,73-74,82,86,92-94,97H,15,20,22,27-28,31-37H2,1-14H3,(H,79,96)(H,81,88)/b17-16-,46-29+,80-39+/t40-,41+,42-,47+,48+,50+,51+,56+,57+,61-,63+,64+,65-,68-,69-,71-,73+,74+,77+/m1/s1. The highest BCUT2D eigenvalue weighted by molar-refractivity contribution is 14.1. The lowest BCUT2D eigenvalue weighted by molar-refractivity contribution is -0.337. The highest BCUT2D eigenvalue weighted by Crippen LogP contribution is 2.50. The number of nitrogens with one attached hydrogen (secondary N) is 3. The fraction of sp³-hybridized carbons (Fsp3) is 0.597. The van der Waals surface area contributed by atoms with Crippen LogP contribution < -0.4 is 35.2 Å². The number of hydrogen-bond acceptors (Lipinski definition) is 33. The van der Waals surface area contributed by atoms with Gasteiger partial charge in [-0.25, -0.2) is 15.0 Å². The van der Waals surface area contributed by atoms with Gasteiger partial charge in [0.2, 0.25) is 29.0 Å². The maximum absolute atomic E-state index is 14.6. The van der Waals surface area contributed by atoms with Crippen molar-refractivity contribution in [2.24, 2.45) is 5.10 Å². The molecule has 0 spiro atoms. The van der Waals surface area contributed by atoms with Gasteiger partial charge in [0.25, 0.3) is 11.8 Å². The number of aliphatic hydroxyl groups excluding tert-OH is 4. The number of ether oxygens (including phenoxy) is 13. The summed E-state index contributed by atoms with van der Waals surface area (Å²) in [5, 5.41) is 65.1. The van der Waals surface area contributed by atoms with Crippen LogP contribution in [0.5, 0.6) is 23.0 Å².